The fraction of sp³-hybridized carbons (Fsp3) is 0.188. The molecule has 2 aromatic carbocycles. The summed E-state index contributed by atoms with van der Waals surface area (Å²) in [6.07, 6.45) is -1.00. The zero-order chi connectivity index (χ0) is 16.3. The number of carbonyl (C=O) groups is 1. The molecule has 0 unspecified atom stereocenters. The molecule has 2 aromatic rings. The second kappa shape index (κ2) is 6.36. The third-order valence-corrected chi connectivity index (χ3v) is 3.37. The summed E-state index contributed by atoms with van der Waals surface area (Å²) in [6.45, 7) is 0. The summed E-state index contributed by atoms with van der Waals surface area (Å²) in [5, 5.41) is 10.5. The Kier molecular flexibility index (Phi) is 4.53. The molecule has 0 saturated heterocycles. The maximum atomic E-state index is 11.5. The number of benzene rings is 2. The van der Waals surface area contributed by atoms with Crippen LogP contribution in [0.3, 0.4) is 0 Å². The van der Waals surface area contributed by atoms with Gasteiger partial charge < -0.3 is 26.0 Å². The van der Waals surface area contributed by atoms with Gasteiger partial charge in [0, 0.05) is 16.9 Å². The smallest absolute Gasteiger partial charge is 0.337 e. The number of aliphatic hydroxyl groups is 1. The van der Waals surface area contributed by atoms with Crippen LogP contribution in [-0.2, 0) is 4.74 Å². The van der Waals surface area contributed by atoms with E-state index in [2.05, 4.69) is 4.74 Å². The van der Waals surface area contributed by atoms with Crippen molar-refractivity contribution in [3.63, 3.8) is 0 Å². The molecule has 6 nitrogen and oxygen atoms in total. The number of ether oxygens (including phenoxy) is 2. The molecule has 0 bridgehead atoms. The van der Waals surface area contributed by atoms with Crippen LogP contribution in [-0.4, -0.2) is 25.3 Å². The highest BCUT2D eigenvalue weighted by atomic mass is 16.5. The van der Waals surface area contributed by atoms with Gasteiger partial charge in [-0.25, -0.2) is 4.79 Å². The Morgan fingerprint density at radius 2 is 1.64 bits per heavy atom. The number of aliphatic hydroxyl groups excluding tert-OH is 1. The van der Waals surface area contributed by atoms with Gasteiger partial charge in [-0.1, -0.05) is 12.1 Å². The highest BCUT2D eigenvalue weighted by molar-refractivity contribution is 5.92. The number of hydrogen-bond donors (Lipinski definition) is 3. The third kappa shape index (κ3) is 2.96. The van der Waals surface area contributed by atoms with Crippen LogP contribution in [0.4, 0.5) is 11.4 Å². The highest BCUT2D eigenvalue weighted by Crippen LogP contribution is 2.33. The lowest BCUT2D eigenvalue weighted by molar-refractivity contribution is 0.0600. The van der Waals surface area contributed by atoms with Crippen molar-refractivity contribution >= 4 is 17.3 Å². The molecule has 1 atom stereocenters. The average molecular weight is 302 g/mol. The predicted molar refractivity (Wildman–Crippen MR) is 83.7 cm³/mol. The van der Waals surface area contributed by atoms with Crippen LogP contribution in [0.5, 0.6) is 5.75 Å². The Bertz CT molecular complexity index is 660. The first-order valence-electron chi connectivity index (χ1n) is 6.57. The van der Waals surface area contributed by atoms with Gasteiger partial charge in [0.05, 0.1) is 19.8 Å². The molecule has 0 aromatic heterocycles. The summed E-state index contributed by atoms with van der Waals surface area (Å²) < 4.78 is 9.70. The standard InChI is InChI=1S/C16H18N2O4/c1-21-11-5-3-9(4-6-11)15(19)14-12(17)7-10(8-13(14)18)16(20)22-2/h3-8,15,19H,17-18H2,1-2H3/t15-/m1/s1. The molecule has 0 spiro atoms. The van der Waals surface area contributed by atoms with Crippen LogP contribution in [0.1, 0.15) is 27.6 Å². The normalized spacial score (nSPS) is 11.8. The summed E-state index contributed by atoms with van der Waals surface area (Å²) in [4.78, 5) is 11.5. The van der Waals surface area contributed by atoms with Crippen molar-refractivity contribution in [1.82, 2.24) is 0 Å². The van der Waals surface area contributed by atoms with Crippen molar-refractivity contribution < 1.29 is 19.4 Å². The van der Waals surface area contributed by atoms with Gasteiger partial charge >= 0.3 is 5.97 Å². The number of rotatable bonds is 4. The Labute approximate surface area is 128 Å². The van der Waals surface area contributed by atoms with Crippen molar-refractivity contribution in [2.75, 3.05) is 25.7 Å². The Morgan fingerprint density at radius 1 is 1.09 bits per heavy atom. The lowest BCUT2D eigenvalue weighted by Gasteiger charge is -2.17. The molecule has 5 N–H and O–H groups in total. The first-order chi connectivity index (χ1) is 10.5. The van der Waals surface area contributed by atoms with Gasteiger partial charge in [0.2, 0.25) is 0 Å². The molecule has 0 saturated carbocycles. The molecule has 6 heteroatoms. The number of esters is 1. The zero-order valence-electron chi connectivity index (χ0n) is 12.4. The molecule has 0 aliphatic rings. The zero-order valence-corrected chi connectivity index (χ0v) is 12.4. The molecular formula is C16H18N2O4. The average Bonchev–Trinajstić information content (AvgIpc) is 2.53. The Hall–Kier alpha value is -2.73. The van der Waals surface area contributed by atoms with Gasteiger partial charge in [-0.05, 0) is 29.8 Å². The van der Waals surface area contributed by atoms with E-state index in [0.717, 1.165) is 0 Å². The Morgan fingerprint density at radius 3 is 2.09 bits per heavy atom. The van der Waals surface area contributed by atoms with Crippen molar-refractivity contribution in [2.24, 2.45) is 0 Å². The molecular weight excluding hydrogens is 284 g/mol. The Balaban J connectivity index is 2.40. The molecule has 2 rings (SSSR count). The van der Waals surface area contributed by atoms with Gasteiger partial charge in [0.25, 0.3) is 0 Å². The van der Waals surface area contributed by atoms with Crippen LogP contribution in [0.2, 0.25) is 0 Å². The first kappa shape index (κ1) is 15.7. The van der Waals surface area contributed by atoms with E-state index in [9.17, 15) is 9.90 Å². The fourth-order valence-electron chi connectivity index (χ4n) is 2.20. The summed E-state index contributed by atoms with van der Waals surface area (Å²) in [6, 6.07) is 9.77. The minimum atomic E-state index is -1.00. The molecule has 22 heavy (non-hydrogen) atoms. The van der Waals surface area contributed by atoms with Crippen molar-refractivity contribution in [2.45, 2.75) is 6.10 Å². The number of hydrogen-bond acceptors (Lipinski definition) is 6. The third-order valence-electron chi connectivity index (χ3n) is 3.37. The maximum Gasteiger partial charge on any atom is 0.337 e. The lowest BCUT2D eigenvalue weighted by Crippen LogP contribution is -2.11. The van der Waals surface area contributed by atoms with Crippen LogP contribution in [0.15, 0.2) is 36.4 Å². The minimum Gasteiger partial charge on any atom is -0.497 e. The second-order valence-electron chi connectivity index (χ2n) is 4.74. The topological polar surface area (TPSA) is 108 Å². The van der Waals surface area contributed by atoms with Crippen molar-refractivity contribution in [1.29, 1.82) is 0 Å². The molecule has 0 radical (unpaired) electrons. The molecule has 0 heterocycles. The fourth-order valence-corrected chi connectivity index (χ4v) is 2.20. The molecule has 116 valence electrons. The van der Waals surface area contributed by atoms with E-state index in [1.807, 2.05) is 0 Å². The van der Waals surface area contributed by atoms with Crippen molar-refractivity contribution in [3.8, 4) is 5.75 Å². The number of anilines is 2. The van der Waals surface area contributed by atoms with E-state index >= 15 is 0 Å². The first-order valence-corrected chi connectivity index (χ1v) is 6.57. The monoisotopic (exact) mass is 302 g/mol. The predicted octanol–water partition coefficient (Wildman–Crippen LogP) is 1.73. The van der Waals surface area contributed by atoms with E-state index in [1.165, 1.54) is 19.2 Å². The van der Waals surface area contributed by atoms with Gasteiger partial charge in [-0.3, -0.25) is 0 Å². The van der Waals surface area contributed by atoms with Gasteiger partial charge in [-0.15, -0.1) is 0 Å². The van der Waals surface area contributed by atoms with Gasteiger partial charge in [0.1, 0.15) is 11.9 Å². The second-order valence-corrected chi connectivity index (χ2v) is 4.74. The van der Waals surface area contributed by atoms with Gasteiger partial charge in [0.15, 0.2) is 0 Å². The van der Waals surface area contributed by atoms with E-state index in [0.29, 0.717) is 16.9 Å². The molecule has 0 amide bonds. The number of nitrogens with two attached hydrogens (primary N) is 2. The van der Waals surface area contributed by atoms with Gasteiger partial charge in [-0.2, -0.15) is 0 Å². The number of nitrogen functional groups attached to an aromatic ring is 2. The van der Waals surface area contributed by atoms with E-state index < -0.39 is 12.1 Å². The SMILES string of the molecule is COC(=O)c1cc(N)c([C@H](O)c2ccc(OC)cc2)c(N)c1. The molecule has 0 fully saturated rings. The maximum absolute atomic E-state index is 11.5. The van der Waals surface area contributed by atoms with Crippen LogP contribution in [0, 0.1) is 0 Å². The largest absolute Gasteiger partial charge is 0.497 e. The number of carbonyl (C=O) groups excluding carboxylic acids is 1. The van der Waals surface area contributed by atoms with E-state index in [1.54, 1.807) is 31.4 Å². The lowest BCUT2D eigenvalue weighted by atomic mass is 9.96. The quantitative estimate of drug-likeness (QED) is 0.586. The minimum absolute atomic E-state index is 0.226. The molecule has 0 aliphatic carbocycles. The van der Waals surface area contributed by atoms with E-state index in [4.69, 9.17) is 16.2 Å². The van der Waals surface area contributed by atoms with Crippen molar-refractivity contribution in [3.05, 3.63) is 53.1 Å². The summed E-state index contributed by atoms with van der Waals surface area (Å²) in [5.74, 6) is 0.141. The molecule has 0 aliphatic heterocycles. The summed E-state index contributed by atoms with van der Waals surface area (Å²) in [5.41, 5.74) is 13.5. The van der Waals surface area contributed by atoms with Crippen LogP contribution < -0.4 is 16.2 Å². The summed E-state index contributed by atoms with van der Waals surface area (Å²) in [7, 11) is 2.84. The van der Waals surface area contributed by atoms with Crippen LogP contribution in [0.25, 0.3) is 0 Å². The number of methoxy groups -OCH3 is 2. The van der Waals surface area contributed by atoms with E-state index in [-0.39, 0.29) is 16.9 Å². The van der Waals surface area contributed by atoms with Crippen LogP contribution >= 0.6 is 0 Å². The summed E-state index contributed by atoms with van der Waals surface area (Å²) >= 11 is 0. The highest BCUT2D eigenvalue weighted by Gasteiger charge is 2.19.